The Morgan fingerprint density at radius 2 is 2.00 bits per heavy atom. The number of nitrogens with one attached hydrogen (secondary N) is 2. The number of rotatable bonds is 8. The van der Waals surface area contributed by atoms with Gasteiger partial charge in [0.25, 0.3) is 0 Å². The quantitative estimate of drug-likeness (QED) is 0.308. The van der Waals surface area contributed by atoms with Crippen molar-refractivity contribution in [2.45, 2.75) is 39.5 Å². The fourth-order valence-electron chi connectivity index (χ4n) is 2.96. The van der Waals surface area contributed by atoms with Crippen LogP contribution in [0.15, 0.2) is 35.3 Å². The Labute approximate surface area is 170 Å². The van der Waals surface area contributed by atoms with Gasteiger partial charge in [-0.1, -0.05) is 44.2 Å². The van der Waals surface area contributed by atoms with Crippen molar-refractivity contribution in [2.24, 2.45) is 16.6 Å². The van der Waals surface area contributed by atoms with Crippen molar-refractivity contribution in [3.8, 4) is 0 Å². The Bertz CT molecular complexity index is 787. The number of nitrogen functional groups attached to an aromatic ring is 1. The van der Waals surface area contributed by atoms with Gasteiger partial charge in [0.05, 0.1) is 5.69 Å². The van der Waals surface area contributed by atoms with E-state index in [0.717, 1.165) is 23.4 Å². The molecule has 0 saturated heterocycles. The number of aliphatic imine (C=N–C) groups is 1. The first-order valence-electron chi connectivity index (χ1n) is 9.48. The molecule has 28 heavy (non-hydrogen) atoms. The number of amides is 2. The van der Waals surface area contributed by atoms with Gasteiger partial charge in [0, 0.05) is 23.9 Å². The number of aromatic nitrogens is 1. The standard InChI is InChI=1S/C20H30N6OS/c1-13(2)16(15-8-5-4-6-9-15)12-24-20(27)26-18(21)23-11-7-10-17-14(3)25-19(22)28-17/h4-6,8-9,13,16H,7,10-12H2,1-3H3,(H2,22,25)(H4,21,23,24,26,27). The maximum atomic E-state index is 12.1. The second-order valence-corrected chi connectivity index (χ2v) is 8.14. The van der Waals surface area contributed by atoms with Crippen LogP contribution in [-0.2, 0) is 6.42 Å². The Hall–Kier alpha value is -2.61. The summed E-state index contributed by atoms with van der Waals surface area (Å²) in [6.07, 6.45) is 1.66. The van der Waals surface area contributed by atoms with Gasteiger partial charge in [0.1, 0.15) is 0 Å². The van der Waals surface area contributed by atoms with Crippen LogP contribution in [0.1, 0.15) is 42.3 Å². The van der Waals surface area contributed by atoms with Gasteiger partial charge in [-0.3, -0.25) is 10.3 Å². The predicted molar refractivity (Wildman–Crippen MR) is 117 cm³/mol. The van der Waals surface area contributed by atoms with Gasteiger partial charge in [-0.15, -0.1) is 11.3 Å². The van der Waals surface area contributed by atoms with Crippen LogP contribution in [0.2, 0.25) is 0 Å². The second kappa shape index (κ2) is 10.7. The molecule has 7 nitrogen and oxygen atoms in total. The number of carbonyl (C=O) groups excluding carboxylic acids is 1. The number of benzene rings is 1. The van der Waals surface area contributed by atoms with Crippen molar-refractivity contribution >= 4 is 28.5 Å². The van der Waals surface area contributed by atoms with E-state index >= 15 is 0 Å². The molecule has 1 aromatic heterocycles. The number of nitrogens with two attached hydrogens (primary N) is 2. The summed E-state index contributed by atoms with van der Waals surface area (Å²) in [5.41, 5.74) is 13.7. The van der Waals surface area contributed by atoms with E-state index in [1.165, 1.54) is 16.9 Å². The Kier molecular flexibility index (Phi) is 8.25. The molecule has 0 aliphatic heterocycles. The number of anilines is 1. The maximum absolute atomic E-state index is 12.1. The number of guanidine groups is 1. The van der Waals surface area contributed by atoms with Crippen LogP contribution in [0.4, 0.5) is 9.93 Å². The molecule has 1 atom stereocenters. The Morgan fingerprint density at radius 1 is 1.29 bits per heavy atom. The number of hydrogen-bond donors (Lipinski definition) is 4. The van der Waals surface area contributed by atoms with E-state index in [1.807, 2.05) is 25.1 Å². The highest BCUT2D eigenvalue weighted by atomic mass is 32.1. The third kappa shape index (κ3) is 6.84. The molecule has 2 amide bonds. The van der Waals surface area contributed by atoms with Crippen LogP contribution in [0.3, 0.4) is 0 Å². The Morgan fingerprint density at radius 3 is 2.61 bits per heavy atom. The summed E-state index contributed by atoms with van der Waals surface area (Å²) in [5.74, 6) is 0.761. The summed E-state index contributed by atoms with van der Waals surface area (Å²) < 4.78 is 0. The molecule has 0 saturated carbocycles. The van der Waals surface area contributed by atoms with E-state index < -0.39 is 0 Å². The molecular weight excluding hydrogens is 372 g/mol. The van der Waals surface area contributed by atoms with Crippen LogP contribution in [0.25, 0.3) is 0 Å². The van der Waals surface area contributed by atoms with Crippen LogP contribution >= 0.6 is 11.3 Å². The van der Waals surface area contributed by atoms with E-state index in [-0.39, 0.29) is 17.9 Å². The highest BCUT2D eigenvalue weighted by molar-refractivity contribution is 7.15. The number of urea groups is 1. The van der Waals surface area contributed by atoms with Crippen molar-refractivity contribution in [3.63, 3.8) is 0 Å². The molecule has 1 heterocycles. The van der Waals surface area contributed by atoms with Crippen LogP contribution in [0, 0.1) is 12.8 Å². The largest absolute Gasteiger partial charge is 0.375 e. The minimum Gasteiger partial charge on any atom is -0.375 e. The molecule has 0 fully saturated rings. The summed E-state index contributed by atoms with van der Waals surface area (Å²) in [5, 5.41) is 6.06. The molecule has 152 valence electrons. The predicted octanol–water partition coefficient (Wildman–Crippen LogP) is 3.02. The molecule has 6 N–H and O–H groups in total. The molecule has 0 aliphatic rings. The van der Waals surface area contributed by atoms with E-state index in [0.29, 0.717) is 24.1 Å². The van der Waals surface area contributed by atoms with Crippen LogP contribution < -0.4 is 22.1 Å². The highest BCUT2D eigenvalue weighted by Gasteiger charge is 2.16. The molecule has 0 spiro atoms. The lowest BCUT2D eigenvalue weighted by molar-refractivity contribution is 0.243. The Balaban J connectivity index is 1.75. The average molecular weight is 403 g/mol. The number of carbonyl (C=O) groups is 1. The third-order valence-electron chi connectivity index (χ3n) is 4.51. The zero-order valence-corrected chi connectivity index (χ0v) is 17.6. The van der Waals surface area contributed by atoms with Gasteiger partial charge in [-0.2, -0.15) is 0 Å². The van der Waals surface area contributed by atoms with Gasteiger partial charge >= 0.3 is 6.03 Å². The molecule has 0 radical (unpaired) electrons. The molecular formula is C20H30N6OS. The summed E-state index contributed by atoms with van der Waals surface area (Å²) in [4.78, 5) is 21.7. The van der Waals surface area contributed by atoms with Gasteiger partial charge in [-0.25, -0.2) is 9.78 Å². The highest BCUT2D eigenvalue weighted by Crippen LogP contribution is 2.23. The number of nitrogens with zero attached hydrogens (tertiary/aromatic N) is 2. The summed E-state index contributed by atoms with van der Waals surface area (Å²) in [6, 6.07) is 9.84. The normalized spacial score (nSPS) is 12.8. The minimum absolute atomic E-state index is 0.124. The van der Waals surface area contributed by atoms with Crippen molar-refractivity contribution in [1.29, 1.82) is 0 Å². The number of thiazole rings is 1. The van der Waals surface area contributed by atoms with Crippen molar-refractivity contribution < 1.29 is 4.79 Å². The lowest BCUT2D eigenvalue weighted by Gasteiger charge is -2.22. The number of aryl methyl sites for hydroxylation is 2. The minimum atomic E-state index is -0.339. The molecule has 1 unspecified atom stereocenters. The van der Waals surface area contributed by atoms with Crippen molar-refractivity contribution in [2.75, 3.05) is 18.8 Å². The summed E-state index contributed by atoms with van der Waals surface area (Å²) in [6.45, 7) is 7.30. The zero-order chi connectivity index (χ0) is 20.5. The molecule has 8 heteroatoms. The van der Waals surface area contributed by atoms with Crippen molar-refractivity contribution in [3.05, 3.63) is 46.5 Å². The van der Waals surface area contributed by atoms with Gasteiger partial charge in [0.15, 0.2) is 11.1 Å². The third-order valence-corrected chi connectivity index (χ3v) is 5.56. The fourth-order valence-corrected chi connectivity index (χ4v) is 3.84. The monoisotopic (exact) mass is 402 g/mol. The summed E-state index contributed by atoms with van der Waals surface area (Å²) >= 11 is 1.50. The second-order valence-electron chi connectivity index (χ2n) is 7.03. The smallest absolute Gasteiger partial charge is 0.321 e. The number of hydrogen-bond acceptors (Lipinski definition) is 5. The zero-order valence-electron chi connectivity index (χ0n) is 16.7. The van der Waals surface area contributed by atoms with Crippen molar-refractivity contribution in [1.82, 2.24) is 15.6 Å². The van der Waals surface area contributed by atoms with E-state index in [2.05, 4.69) is 46.6 Å². The first-order chi connectivity index (χ1) is 13.4. The van der Waals surface area contributed by atoms with Crippen LogP contribution in [0.5, 0.6) is 0 Å². The SMILES string of the molecule is Cc1nc(N)sc1CCCN=C(N)NC(=O)NCC(c1ccccc1)C(C)C. The first kappa shape index (κ1) is 21.7. The van der Waals surface area contributed by atoms with E-state index in [9.17, 15) is 4.79 Å². The molecule has 2 aromatic rings. The maximum Gasteiger partial charge on any atom is 0.321 e. The van der Waals surface area contributed by atoms with E-state index in [1.54, 1.807) is 0 Å². The lowest BCUT2D eigenvalue weighted by atomic mass is 9.88. The topological polar surface area (TPSA) is 118 Å². The average Bonchev–Trinajstić information content (AvgIpc) is 2.96. The fraction of sp³-hybridized carbons (Fsp3) is 0.450. The molecule has 2 rings (SSSR count). The van der Waals surface area contributed by atoms with Gasteiger partial charge < -0.3 is 16.8 Å². The summed E-state index contributed by atoms with van der Waals surface area (Å²) in [7, 11) is 0. The van der Waals surface area contributed by atoms with Gasteiger partial charge in [0.2, 0.25) is 0 Å². The van der Waals surface area contributed by atoms with E-state index in [4.69, 9.17) is 11.5 Å². The van der Waals surface area contributed by atoms with Crippen LogP contribution in [-0.4, -0.2) is 30.1 Å². The molecule has 0 aliphatic carbocycles. The first-order valence-corrected chi connectivity index (χ1v) is 10.3. The molecule has 1 aromatic carbocycles. The van der Waals surface area contributed by atoms with Gasteiger partial charge in [-0.05, 0) is 31.2 Å². The molecule has 0 bridgehead atoms. The lowest BCUT2D eigenvalue weighted by Crippen LogP contribution is -2.45.